The maximum Gasteiger partial charge on any atom is 0.375 e. The number of hydrogen-bond acceptors (Lipinski definition) is 5. The molecule has 0 fully saturated rings. The number of para-hydroxylation sites is 1. The van der Waals surface area contributed by atoms with Crippen molar-refractivity contribution in [3.05, 3.63) is 95.7 Å². The number of furan rings is 1. The first-order chi connectivity index (χ1) is 15.0. The molecule has 156 valence electrons. The summed E-state index contributed by atoms with van der Waals surface area (Å²) in [6.07, 6.45) is -1.17. The highest BCUT2D eigenvalue weighted by Crippen LogP contribution is 2.29. The van der Waals surface area contributed by atoms with Gasteiger partial charge in [-0.15, -0.1) is 0 Å². The van der Waals surface area contributed by atoms with Gasteiger partial charge in [-0.2, -0.15) is 0 Å². The van der Waals surface area contributed by atoms with Crippen molar-refractivity contribution in [2.75, 3.05) is 12.4 Å². The van der Waals surface area contributed by atoms with E-state index in [-0.39, 0.29) is 5.76 Å². The second kappa shape index (κ2) is 8.75. The van der Waals surface area contributed by atoms with Crippen molar-refractivity contribution in [1.29, 1.82) is 0 Å². The Morgan fingerprint density at radius 1 is 0.935 bits per heavy atom. The standard InChI is InChI=1S/C25H21NO5/c1-16-12-13-21(29-2)19(14-16)26-24(27)23(17-8-4-3-5-9-17)31-25(28)22-15-18-10-6-7-11-20(18)30-22/h3-15,23H,1-2H3,(H,26,27)/t23-/m0/s1. The van der Waals surface area contributed by atoms with E-state index in [2.05, 4.69) is 5.32 Å². The minimum absolute atomic E-state index is 0.0306. The summed E-state index contributed by atoms with van der Waals surface area (Å²) in [6.45, 7) is 1.91. The highest BCUT2D eigenvalue weighted by Gasteiger charge is 2.28. The van der Waals surface area contributed by atoms with E-state index in [1.807, 2.05) is 37.3 Å². The van der Waals surface area contributed by atoms with Crippen LogP contribution in [0, 0.1) is 6.92 Å². The predicted molar refractivity (Wildman–Crippen MR) is 117 cm³/mol. The van der Waals surface area contributed by atoms with E-state index in [0.29, 0.717) is 22.6 Å². The average molecular weight is 415 g/mol. The molecule has 1 N–H and O–H groups in total. The lowest BCUT2D eigenvalue weighted by atomic mass is 10.1. The number of amides is 1. The van der Waals surface area contributed by atoms with Crippen LogP contribution in [-0.4, -0.2) is 19.0 Å². The van der Waals surface area contributed by atoms with Crippen LogP contribution in [0.4, 0.5) is 5.69 Å². The van der Waals surface area contributed by atoms with Crippen molar-refractivity contribution in [1.82, 2.24) is 0 Å². The third kappa shape index (κ3) is 4.43. The van der Waals surface area contributed by atoms with Gasteiger partial charge in [-0.3, -0.25) is 4.79 Å². The molecule has 0 saturated heterocycles. The van der Waals surface area contributed by atoms with Gasteiger partial charge in [0, 0.05) is 10.9 Å². The number of ether oxygens (including phenoxy) is 2. The zero-order valence-electron chi connectivity index (χ0n) is 17.1. The highest BCUT2D eigenvalue weighted by atomic mass is 16.6. The first kappa shape index (κ1) is 20.2. The van der Waals surface area contributed by atoms with Crippen LogP contribution in [0.15, 0.2) is 83.3 Å². The van der Waals surface area contributed by atoms with Crippen molar-refractivity contribution >= 4 is 28.5 Å². The van der Waals surface area contributed by atoms with E-state index in [1.54, 1.807) is 48.5 Å². The molecule has 3 aromatic carbocycles. The Bertz CT molecular complexity index is 1200. The number of benzene rings is 3. The minimum atomic E-state index is -1.17. The van der Waals surface area contributed by atoms with Crippen LogP contribution in [0.2, 0.25) is 0 Å². The number of anilines is 1. The van der Waals surface area contributed by atoms with Crippen molar-refractivity contribution in [3.8, 4) is 5.75 Å². The summed E-state index contributed by atoms with van der Waals surface area (Å²) in [6, 6.07) is 23.1. The van der Waals surface area contributed by atoms with Crippen LogP contribution in [0.5, 0.6) is 5.75 Å². The Morgan fingerprint density at radius 2 is 1.68 bits per heavy atom. The first-order valence-electron chi connectivity index (χ1n) is 9.75. The topological polar surface area (TPSA) is 77.8 Å². The lowest BCUT2D eigenvalue weighted by Crippen LogP contribution is -2.26. The fourth-order valence-corrected chi connectivity index (χ4v) is 3.27. The maximum absolute atomic E-state index is 13.2. The fraction of sp³-hybridized carbons (Fsp3) is 0.120. The zero-order chi connectivity index (χ0) is 21.8. The van der Waals surface area contributed by atoms with Crippen LogP contribution < -0.4 is 10.1 Å². The second-order valence-electron chi connectivity index (χ2n) is 7.04. The molecule has 1 amide bonds. The van der Waals surface area contributed by atoms with Crippen LogP contribution in [-0.2, 0) is 9.53 Å². The fourth-order valence-electron chi connectivity index (χ4n) is 3.27. The van der Waals surface area contributed by atoms with Crippen molar-refractivity contribution in [2.24, 2.45) is 0 Å². The summed E-state index contributed by atoms with van der Waals surface area (Å²) >= 11 is 0. The van der Waals surface area contributed by atoms with Crippen molar-refractivity contribution < 1.29 is 23.5 Å². The van der Waals surface area contributed by atoms with Crippen molar-refractivity contribution in [3.63, 3.8) is 0 Å². The van der Waals surface area contributed by atoms with Crippen molar-refractivity contribution in [2.45, 2.75) is 13.0 Å². The molecule has 31 heavy (non-hydrogen) atoms. The van der Waals surface area contributed by atoms with E-state index >= 15 is 0 Å². The Morgan fingerprint density at radius 3 is 2.42 bits per heavy atom. The van der Waals surface area contributed by atoms with Gasteiger partial charge in [0.05, 0.1) is 12.8 Å². The molecule has 0 aliphatic rings. The van der Waals surface area contributed by atoms with E-state index in [9.17, 15) is 9.59 Å². The summed E-state index contributed by atoms with van der Waals surface area (Å²) < 4.78 is 16.5. The Kier molecular flexibility index (Phi) is 5.71. The highest BCUT2D eigenvalue weighted by molar-refractivity contribution is 5.99. The molecule has 4 rings (SSSR count). The number of hydrogen-bond donors (Lipinski definition) is 1. The number of rotatable bonds is 6. The normalized spacial score (nSPS) is 11.7. The molecule has 0 bridgehead atoms. The van der Waals surface area contributed by atoms with Crippen LogP contribution in [0.1, 0.15) is 27.8 Å². The number of nitrogens with one attached hydrogen (secondary N) is 1. The molecule has 1 heterocycles. The monoisotopic (exact) mass is 415 g/mol. The van der Waals surface area contributed by atoms with Gasteiger partial charge < -0.3 is 19.2 Å². The summed E-state index contributed by atoms with van der Waals surface area (Å²) in [5.41, 5.74) is 2.55. The SMILES string of the molecule is COc1ccc(C)cc1NC(=O)[C@@H](OC(=O)c1cc2ccccc2o1)c1ccccc1. The summed E-state index contributed by atoms with van der Waals surface area (Å²) in [7, 11) is 1.52. The molecule has 0 saturated carbocycles. The molecule has 0 unspecified atom stereocenters. The molecule has 0 spiro atoms. The average Bonchev–Trinajstić information content (AvgIpc) is 3.22. The Balaban J connectivity index is 1.62. The maximum atomic E-state index is 13.2. The molecular formula is C25H21NO5. The number of esters is 1. The largest absolute Gasteiger partial charge is 0.495 e. The first-order valence-corrected chi connectivity index (χ1v) is 9.75. The van der Waals surface area contributed by atoms with E-state index < -0.39 is 18.0 Å². The van der Waals surface area contributed by atoms with Gasteiger partial charge in [0.25, 0.3) is 5.91 Å². The minimum Gasteiger partial charge on any atom is -0.495 e. The van der Waals surface area contributed by atoms with Gasteiger partial charge in [0.1, 0.15) is 11.3 Å². The summed E-state index contributed by atoms with van der Waals surface area (Å²) in [5, 5.41) is 3.59. The smallest absolute Gasteiger partial charge is 0.375 e. The lowest BCUT2D eigenvalue weighted by molar-refractivity contribution is -0.125. The molecule has 0 radical (unpaired) electrons. The number of fused-ring (bicyclic) bond motifs is 1. The lowest BCUT2D eigenvalue weighted by Gasteiger charge is -2.18. The van der Waals surface area contributed by atoms with Gasteiger partial charge in [-0.25, -0.2) is 4.79 Å². The molecule has 0 aliphatic carbocycles. The zero-order valence-corrected chi connectivity index (χ0v) is 17.1. The second-order valence-corrected chi connectivity index (χ2v) is 7.04. The molecule has 6 nitrogen and oxygen atoms in total. The molecule has 4 aromatic rings. The Hall–Kier alpha value is -4.06. The Labute approximate surface area is 179 Å². The van der Waals surface area contributed by atoms with Gasteiger partial charge in [0.15, 0.2) is 0 Å². The van der Waals surface area contributed by atoms with Crippen LogP contribution >= 0.6 is 0 Å². The number of methoxy groups -OCH3 is 1. The molecule has 6 heteroatoms. The predicted octanol–water partition coefficient (Wildman–Crippen LogP) is 5.29. The summed E-state index contributed by atoms with van der Waals surface area (Å²) in [5.74, 6) is -0.687. The molecule has 0 aliphatic heterocycles. The van der Waals surface area contributed by atoms with E-state index in [0.717, 1.165) is 10.9 Å². The van der Waals surface area contributed by atoms with E-state index in [1.165, 1.54) is 7.11 Å². The number of aryl methyl sites for hydroxylation is 1. The molecule has 1 atom stereocenters. The van der Waals surface area contributed by atoms with Gasteiger partial charge in [-0.1, -0.05) is 54.6 Å². The number of carbonyl (C=O) groups is 2. The van der Waals surface area contributed by atoms with Crippen LogP contribution in [0.25, 0.3) is 11.0 Å². The third-order valence-corrected chi connectivity index (χ3v) is 4.80. The van der Waals surface area contributed by atoms with Gasteiger partial charge in [0.2, 0.25) is 11.9 Å². The molecule has 1 aromatic heterocycles. The molecular weight excluding hydrogens is 394 g/mol. The van der Waals surface area contributed by atoms with Gasteiger partial charge >= 0.3 is 5.97 Å². The van der Waals surface area contributed by atoms with Crippen LogP contribution in [0.3, 0.4) is 0 Å². The third-order valence-electron chi connectivity index (χ3n) is 4.80. The summed E-state index contributed by atoms with van der Waals surface area (Å²) in [4.78, 5) is 26.0. The van der Waals surface area contributed by atoms with E-state index in [4.69, 9.17) is 13.9 Å². The number of carbonyl (C=O) groups excluding carboxylic acids is 2. The van der Waals surface area contributed by atoms with Gasteiger partial charge in [-0.05, 0) is 36.8 Å². The quantitative estimate of drug-likeness (QED) is 0.433.